The average molecular weight is 457 g/mol. The van der Waals surface area contributed by atoms with Crippen LogP contribution in [0.2, 0.25) is 0 Å². The van der Waals surface area contributed by atoms with Crippen LogP contribution in [0.3, 0.4) is 0 Å². The molecule has 0 N–H and O–H groups in total. The van der Waals surface area contributed by atoms with Crippen molar-refractivity contribution in [2.75, 3.05) is 0 Å². The van der Waals surface area contributed by atoms with E-state index in [9.17, 15) is 0 Å². The smallest absolute Gasteiger partial charge is 0.00990 e. The summed E-state index contributed by atoms with van der Waals surface area (Å²) in [7, 11) is 0. The lowest BCUT2D eigenvalue weighted by molar-refractivity contribution is 1.52. The highest BCUT2D eigenvalue weighted by Gasteiger charge is 2.21. The Morgan fingerprint density at radius 2 is 0.222 bits per heavy atom. The van der Waals surface area contributed by atoms with Gasteiger partial charge in [0.1, 0.15) is 0 Å². The van der Waals surface area contributed by atoms with Gasteiger partial charge < -0.3 is 0 Å². The second kappa shape index (κ2) is 8.52. The molecule has 0 bridgehead atoms. The molecule has 0 radical (unpaired) electrons. The van der Waals surface area contributed by atoms with Gasteiger partial charge in [-0.15, -0.1) is 0 Å². The largest absolute Gasteiger partial charge is 0.0616 e. The van der Waals surface area contributed by atoms with E-state index in [1.54, 1.807) is 0 Å². The summed E-state index contributed by atoms with van der Waals surface area (Å²) in [6.07, 6.45) is 0. The number of fused-ring (bicyclic) bond motifs is 12. The Bertz CT molecular complexity index is 1350. The first-order chi connectivity index (χ1) is 17.9. The molecule has 0 fully saturated rings. The molecule has 0 atom stereocenters. The molecule has 0 heteroatoms. The molecule has 0 saturated heterocycles. The Hall–Kier alpha value is -4.68. The van der Waals surface area contributed by atoms with Crippen LogP contribution in [0.15, 0.2) is 146 Å². The minimum Gasteiger partial charge on any atom is -0.0616 e. The van der Waals surface area contributed by atoms with Gasteiger partial charge in [-0.05, 0) is 66.8 Å². The van der Waals surface area contributed by atoms with Crippen LogP contribution >= 0.6 is 0 Å². The first-order valence-corrected chi connectivity index (χ1v) is 12.5. The lowest BCUT2D eigenvalue weighted by Crippen LogP contribution is -1.96. The fourth-order valence-electron chi connectivity index (χ4n) is 5.65. The molecular weight excluding hydrogens is 432 g/mol. The lowest BCUT2D eigenvalue weighted by atomic mass is 9.81. The van der Waals surface area contributed by atoms with E-state index in [1.807, 2.05) is 0 Å². The highest BCUT2D eigenvalue weighted by atomic mass is 14.2. The maximum Gasteiger partial charge on any atom is -0.00990 e. The van der Waals surface area contributed by atoms with Crippen molar-refractivity contribution < 1.29 is 0 Å². The molecule has 0 spiro atoms. The van der Waals surface area contributed by atoms with E-state index in [-0.39, 0.29) is 0 Å². The van der Waals surface area contributed by atoms with Crippen molar-refractivity contribution in [2.45, 2.75) is 0 Å². The zero-order valence-corrected chi connectivity index (χ0v) is 19.9. The van der Waals surface area contributed by atoms with E-state index < -0.39 is 0 Å². The number of benzene rings is 6. The predicted octanol–water partition coefficient (Wildman–Crippen LogP) is 10.0. The summed E-state index contributed by atoms with van der Waals surface area (Å²) >= 11 is 0. The molecule has 0 unspecified atom stereocenters. The summed E-state index contributed by atoms with van der Waals surface area (Å²) in [5.41, 5.74) is 16.0. The zero-order chi connectivity index (χ0) is 23.9. The molecule has 2 aliphatic rings. The van der Waals surface area contributed by atoms with Gasteiger partial charge in [0.05, 0.1) is 0 Å². The monoisotopic (exact) mass is 456 g/mol. The summed E-state index contributed by atoms with van der Waals surface area (Å²) in [6.45, 7) is 0. The first kappa shape index (κ1) is 20.7. The van der Waals surface area contributed by atoms with Gasteiger partial charge in [-0.25, -0.2) is 0 Å². The van der Waals surface area contributed by atoms with Gasteiger partial charge in [0.25, 0.3) is 0 Å². The minimum atomic E-state index is 1.30. The van der Waals surface area contributed by atoms with Crippen LogP contribution in [-0.4, -0.2) is 0 Å². The predicted molar refractivity (Wildman–Crippen MR) is 153 cm³/mol. The summed E-state index contributed by atoms with van der Waals surface area (Å²) < 4.78 is 0. The fraction of sp³-hybridized carbons (Fsp3) is 0. The highest BCUT2D eigenvalue weighted by Crippen LogP contribution is 2.47. The fourth-order valence-corrected chi connectivity index (χ4v) is 5.65. The van der Waals surface area contributed by atoms with Crippen LogP contribution in [0.1, 0.15) is 0 Å². The van der Waals surface area contributed by atoms with Crippen molar-refractivity contribution >= 4 is 0 Å². The molecule has 0 heterocycles. The normalized spacial score (nSPS) is 11.3. The molecule has 6 aromatic carbocycles. The molecular formula is C36H24. The quantitative estimate of drug-likeness (QED) is 0.213. The molecule has 6 aromatic rings. The van der Waals surface area contributed by atoms with E-state index in [0.29, 0.717) is 0 Å². The molecule has 0 nitrogen and oxygen atoms in total. The Morgan fingerprint density at radius 3 is 0.306 bits per heavy atom. The van der Waals surface area contributed by atoms with Gasteiger partial charge in [0, 0.05) is 0 Å². The minimum absolute atomic E-state index is 1.30. The standard InChI is InChI=1S/C24H16.C12H8/c1-2-10-18-17(9-1)19-11-3-4-13-21(19)23-15-7-8-16-24(23)22-14-6-5-12-20(18)22;1-2-6-10-9(5-1)11-7-3-4-8-12(10)11/h1-16H;1-8H. The van der Waals surface area contributed by atoms with Crippen molar-refractivity contribution in [1.82, 2.24) is 0 Å². The van der Waals surface area contributed by atoms with E-state index in [0.717, 1.165) is 0 Å². The molecule has 0 aromatic heterocycles. The maximum absolute atomic E-state index is 2.24. The molecule has 168 valence electrons. The zero-order valence-electron chi connectivity index (χ0n) is 19.9. The Kier molecular flexibility index (Phi) is 4.89. The summed E-state index contributed by atoms with van der Waals surface area (Å²) in [4.78, 5) is 0. The third kappa shape index (κ3) is 3.23. The first-order valence-electron chi connectivity index (χ1n) is 12.5. The SMILES string of the molecule is c1ccc2c(c1)-c1ccccc1-2.c1ccc2c(c1)-c1ccccc1-c1ccccc1-c1ccccc1-2. The van der Waals surface area contributed by atoms with Crippen LogP contribution in [-0.2, 0) is 0 Å². The summed E-state index contributed by atoms with van der Waals surface area (Å²) in [6, 6.07) is 52.0. The van der Waals surface area contributed by atoms with Crippen molar-refractivity contribution in [3.8, 4) is 66.8 Å². The van der Waals surface area contributed by atoms with Crippen LogP contribution in [0.5, 0.6) is 0 Å². The second-order valence-electron chi connectivity index (χ2n) is 9.27. The number of rotatable bonds is 0. The van der Waals surface area contributed by atoms with Crippen molar-refractivity contribution in [3.05, 3.63) is 146 Å². The molecule has 2 aliphatic carbocycles. The van der Waals surface area contributed by atoms with Gasteiger partial charge in [-0.2, -0.15) is 0 Å². The highest BCUT2D eigenvalue weighted by molar-refractivity contribution is 6.03. The van der Waals surface area contributed by atoms with Crippen molar-refractivity contribution in [2.24, 2.45) is 0 Å². The Morgan fingerprint density at radius 1 is 0.139 bits per heavy atom. The van der Waals surface area contributed by atoms with Gasteiger partial charge in [-0.3, -0.25) is 0 Å². The van der Waals surface area contributed by atoms with Gasteiger partial charge >= 0.3 is 0 Å². The Balaban J connectivity index is 0.000000153. The van der Waals surface area contributed by atoms with Crippen LogP contribution < -0.4 is 0 Å². The van der Waals surface area contributed by atoms with Crippen LogP contribution in [0.25, 0.3) is 66.8 Å². The average Bonchev–Trinajstić information content (AvgIpc) is 2.95. The van der Waals surface area contributed by atoms with E-state index in [2.05, 4.69) is 146 Å². The van der Waals surface area contributed by atoms with Crippen molar-refractivity contribution in [3.63, 3.8) is 0 Å². The molecule has 0 saturated carbocycles. The van der Waals surface area contributed by atoms with Crippen LogP contribution in [0, 0.1) is 0 Å². The number of hydrogen-bond donors (Lipinski definition) is 0. The molecule has 8 rings (SSSR count). The van der Waals surface area contributed by atoms with Crippen LogP contribution in [0.4, 0.5) is 0 Å². The Labute approximate surface area is 212 Å². The lowest BCUT2D eigenvalue weighted by Gasteiger charge is -2.22. The van der Waals surface area contributed by atoms with E-state index in [1.165, 1.54) is 66.8 Å². The van der Waals surface area contributed by atoms with Gasteiger partial charge in [0.15, 0.2) is 0 Å². The van der Waals surface area contributed by atoms with Gasteiger partial charge in [-0.1, -0.05) is 146 Å². The summed E-state index contributed by atoms with van der Waals surface area (Å²) in [5, 5.41) is 0. The van der Waals surface area contributed by atoms with E-state index in [4.69, 9.17) is 0 Å². The topological polar surface area (TPSA) is 0 Å². The molecule has 36 heavy (non-hydrogen) atoms. The third-order valence-corrected chi connectivity index (χ3v) is 7.30. The van der Waals surface area contributed by atoms with E-state index >= 15 is 0 Å². The second-order valence-corrected chi connectivity index (χ2v) is 9.27. The summed E-state index contributed by atoms with van der Waals surface area (Å²) in [5.74, 6) is 0. The van der Waals surface area contributed by atoms with Gasteiger partial charge in [0.2, 0.25) is 0 Å². The third-order valence-electron chi connectivity index (χ3n) is 7.30. The van der Waals surface area contributed by atoms with Crippen molar-refractivity contribution in [1.29, 1.82) is 0 Å². The number of hydrogen-bond acceptors (Lipinski definition) is 0. The maximum atomic E-state index is 2.24. The molecule has 0 aliphatic heterocycles. The molecule has 0 amide bonds.